The maximum atomic E-state index is 13.1. The maximum Gasteiger partial charge on any atom is 0.453 e. The minimum atomic E-state index is -4.63. The van der Waals surface area contributed by atoms with E-state index in [0.29, 0.717) is 49.2 Å². The lowest BCUT2D eigenvalue weighted by molar-refractivity contribution is -0.146. The van der Waals surface area contributed by atoms with Crippen molar-refractivity contribution in [2.45, 2.75) is 25.4 Å². The third-order valence-electron chi connectivity index (χ3n) is 5.13. The Morgan fingerprint density at radius 3 is 2.67 bits per heavy atom. The van der Waals surface area contributed by atoms with Gasteiger partial charge in [-0.25, -0.2) is 0 Å². The number of alkyl halides is 3. The SMILES string of the molecule is O=C(NCCc1cccnc1)C1CCN(c2ccc3nnc(C(F)(F)F)n3n2)CC1. The van der Waals surface area contributed by atoms with Gasteiger partial charge in [-0.3, -0.25) is 9.78 Å². The second kappa shape index (κ2) is 8.25. The van der Waals surface area contributed by atoms with Crippen LogP contribution in [0.1, 0.15) is 24.2 Å². The average Bonchev–Trinajstić information content (AvgIpc) is 3.18. The summed E-state index contributed by atoms with van der Waals surface area (Å²) in [4.78, 5) is 18.3. The van der Waals surface area contributed by atoms with E-state index in [9.17, 15) is 18.0 Å². The third kappa shape index (κ3) is 4.34. The number of anilines is 1. The van der Waals surface area contributed by atoms with Crippen LogP contribution in [0, 0.1) is 5.92 Å². The van der Waals surface area contributed by atoms with Gasteiger partial charge in [0, 0.05) is 37.9 Å². The van der Waals surface area contributed by atoms with Gasteiger partial charge in [0.05, 0.1) is 0 Å². The Kier molecular flexibility index (Phi) is 5.51. The monoisotopic (exact) mass is 419 g/mol. The highest BCUT2D eigenvalue weighted by molar-refractivity contribution is 5.79. The first-order valence-corrected chi connectivity index (χ1v) is 9.63. The van der Waals surface area contributed by atoms with Gasteiger partial charge in [0.2, 0.25) is 5.91 Å². The molecule has 0 unspecified atom stereocenters. The van der Waals surface area contributed by atoms with Crippen LogP contribution in [-0.2, 0) is 17.4 Å². The van der Waals surface area contributed by atoms with Crippen LogP contribution in [0.25, 0.3) is 5.65 Å². The Morgan fingerprint density at radius 1 is 1.17 bits per heavy atom. The summed E-state index contributed by atoms with van der Waals surface area (Å²) in [5, 5.41) is 13.7. The Hall–Kier alpha value is -3.24. The van der Waals surface area contributed by atoms with Crippen LogP contribution in [-0.4, -0.2) is 50.3 Å². The normalized spacial score (nSPS) is 15.5. The molecule has 30 heavy (non-hydrogen) atoms. The largest absolute Gasteiger partial charge is 0.453 e. The molecule has 8 nitrogen and oxygen atoms in total. The molecule has 3 aromatic rings. The van der Waals surface area contributed by atoms with Gasteiger partial charge in [-0.15, -0.1) is 15.3 Å². The summed E-state index contributed by atoms with van der Waals surface area (Å²) in [6, 6.07) is 6.90. The summed E-state index contributed by atoms with van der Waals surface area (Å²) in [5.41, 5.74) is 1.09. The van der Waals surface area contributed by atoms with Gasteiger partial charge >= 0.3 is 6.18 Å². The summed E-state index contributed by atoms with van der Waals surface area (Å²) in [7, 11) is 0. The number of pyridine rings is 1. The number of carbonyl (C=O) groups is 1. The first-order chi connectivity index (χ1) is 14.4. The molecule has 0 bridgehead atoms. The zero-order chi connectivity index (χ0) is 21.1. The van der Waals surface area contributed by atoms with E-state index < -0.39 is 12.0 Å². The summed E-state index contributed by atoms with van der Waals surface area (Å²) in [5.74, 6) is -0.870. The van der Waals surface area contributed by atoms with Crippen molar-refractivity contribution in [3.63, 3.8) is 0 Å². The number of rotatable bonds is 5. The highest BCUT2D eigenvalue weighted by Crippen LogP contribution is 2.28. The van der Waals surface area contributed by atoms with Crippen LogP contribution in [0.15, 0.2) is 36.7 Å². The quantitative estimate of drug-likeness (QED) is 0.682. The highest BCUT2D eigenvalue weighted by atomic mass is 19.4. The molecule has 1 aliphatic rings. The Labute approximate surface area is 170 Å². The van der Waals surface area contributed by atoms with E-state index in [1.54, 1.807) is 18.5 Å². The van der Waals surface area contributed by atoms with Crippen LogP contribution in [0.5, 0.6) is 0 Å². The van der Waals surface area contributed by atoms with Crippen LogP contribution >= 0.6 is 0 Å². The molecule has 4 heterocycles. The van der Waals surface area contributed by atoms with Gasteiger partial charge in [0.1, 0.15) is 5.82 Å². The Balaban J connectivity index is 1.33. The third-order valence-corrected chi connectivity index (χ3v) is 5.13. The number of halogens is 3. The van der Waals surface area contributed by atoms with Gasteiger partial charge in [0.15, 0.2) is 5.65 Å². The molecule has 0 radical (unpaired) electrons. The van der Waals surface area contributed by atoms with Crippen LogP contribution in [0.2, 0.25) is 0 Å². The van der Waals surface area contributed by atoms with Gasteiger partial charge in [0.25, 0.3) is 5.82 Å². The van der Waals surface area contributed by atoms with Crippen molar-refractivity contribution in [3.05, 3.63) is 48.0 Å². The van der Waals surface area contributed by atoms with E-state index in [-0.39, 0.29) is 17.5 Å². The van der Waals surface area contributed by atoms with E-state index in [1.165, 1.54) is 6.07 Å². The molecule has 0 atom stereocenters. The molecule has 3 aromatic heterocycles. The minimum Gasteiger partial charge on any atom is -0.356 e. The fourth-order valence-corrected chi connectivity index (χ4v) is 3.52. The summed E-state index contributed by atoms with van der Waals surface area (Å²) in [6.45, 7) is 1.60. The number of carbonyl (C=O) groups excluding carboxylic acids is 1. The van der Waals surface area contributed by atoms with Crippen molar-refractivity contribution in [1.82, 2.24) is 30.1 Å². The number of fused-ring (bicyclic) bond motifs is 1. The van der Waals surface area contributed by atoms with Gasteiger partial charge in [-0.05, 0) is 43.0 Å². The van der Waals surface area contributed by atoms with Crippen molar-refractivity contribution in [2.24, 2.45) is 5.92 Å². The van der Waals surface area contributed by atoms with Crippen molar-refractivity contribution < 1.29 is 18.0 Å². The van der Waals surface area contributed by atoms with Crippen molar-refractivity contribution in [1.29, 1.82) is 0 Å². The lowest BCUT2D eigenvalue weighted by atomic mass is 9.96. The highest BCUT2D eigenvalue weighted by Gasteiger charge is 2.38. The molecule has 0 saturated carbocycles. The maximum absolute atomic E-state index is 13.1. The fourth-order valence-electron chi connectivity index (χ4n) is 3.52. The molecule has 1 aliphatic heterocycles. The summed E-state index contributed by atoms with van der Waals surface area (Å²) < 4.78 is 39.9. The first-order valence-electron chi connectivity index (χ1n) is 9.63. The van der Waals surface area contributed by atoms with Crippen LogP contribution < -0.4 is 10.2 Å². The summed E-state index contributed by atoms with van der Waals surface area (Å²) in [6.07, 6.45) is 0.762. The standard InChI is InChI=1S/C19H20F3N7O/c20-19(21,22)18-26-25-15-3-4-16(27-29(15)18)28-10-6-14(7-11-28)17(30)24-9-5-13-2-1-8-23-12-13/h1-4,8,12,14H,5-7,9-11H2,(H,24,30). The van der Waals surface area contributed by atoms with Crippen molar-refractivity contribution in [2.75, 3.05) is 24.5 Å². The molecule has 158 valence electrons. The topological polar surface area (TPSA) is 88.3 Å². The zero-order valence-electron chi connectivity index (χ0n) is 16.0. The number of nitrogens with zero attached hydrogens (tertiary/aromatic N) is 6. The smallest absolute Gasteiger partial charge is 0.356 e. The lowest BCUT2D eigenvalue weighted by Gasteiger charge is -2.32. The molecular weight excluding hydrogens is 399 g/mol. The number of nitrogens with one attached hydrogen (secondary N) is 1. The molecule has 0 aliphatic carbocycles. The molecule has 1 N–H and O–H groups in total. The van der Waals surface area contributed by atoms with E-state index in [2.05, 4.69) is 25.6 Å². The molecular formula is C19H20F3N7O. The Bertz CT molecular complexity index is 1010. The molecule has 11 heteroatoms. The molecule has 1 fully saturated rings. The van der Waals surface area contributed by atoms with E-state index in [0.717, 1.165) is 5.56 Å². The lowest BCUT2D eigenvalue weighted by Crippen LogP contribution is -2.41. The number of aromatic nitrogens is 5. The molecule has 1 amide bonds. The van der Waals surface area contributed by atoms with Gasteiger partial charge in [-0.2, -0.15) is 17.7 Å². The predicted octanol–water partition coefficient (Wildman–Crippen LogP) is 2.11. The second-order valence-corrected chi connectivity index (χ2v) is 7.15. The molecule has 0 spiro atoms. The predicted molar refractivity (Wildman–Crippen MR) is 102 cm³/mol. The van der Waals surface area contributed by atoms with Crippen LogP contribution in [0.3, 0.4) is 0 Å². The Morgan fingerprint density at radius 2 is 1.97 bits per heavy atom. The fraction of sp³-hybridized carbons (Fsp3) is 0.421. The summed E-state index contributed by atoms with van der Waals surface area (Å²) >= 11 is 0. The van der Waals surface area contributed by atoms with E-state index >= 15 is 0 Å². The molecule has 4 rings (SSSR count). The zero-order valence-corrected chi connectivity index (χ0v) is 16.0. The van der Waals surface area contributed by atoms with Crippen molar-refractivity contribution in [3.8, 4) is 0 Å². The van der Waals surface area contributed by atoms with Gasteiger partial charge < -0.3 is 10.2 Å². The number of amides is 1. The first kappa shape index (κ1) is 20.0. The van der Waals surface area contributed by atoms with Crippen LogP contribution in [0.4, 0.5) is 19.0 Å². The minimum absolute atomic E-state index is 0.000110. The molecule has 1 saturated heterocycles. The number of hydrogen-bond donors (Lipinski definition) is 1. The van der Waals surface area contributed by atoms with E-state index in [4.69, 9.17) is 0 Å². The number of hydrogen-bond acceptors (Lipinski definition) is 6. The van der Waals surface area contributed by atoms with Crippen molar-refractivity contribution >= 4 is 17.4 Å². The van der Waals surface area contributed by atoms with Gasteiger partial charge in [-0.1, -0.05) is 6.07 Å². The molecule has 0 aromatic carbocycles. The average molecular weight is 419 g/mol. The number of piperidine rings is 1. The van der Waals surface area contributed by atoms with E-state index in [1.807, 2.05) is 17.0 Å². The second-order valence-electron chi connectivity index (χ2n) is 7.15.